The Morgan fingerprint density at radius 1 is 1.00 bits per heavy atom. The van der Waals surface area contributed by atoms with E-state index in [-0.39, 0.29) is 5.56 Å². The number of para-hydroxylation sites is 1. The maximum atomic E-state index is 14.7. The predicted octanol–water partition coefficient (Wildman–Crippen LogP) is 4.27. The highest BCUT2D eigenvalue weighted by Crippen LogP contribution is 2.28. The van der Waals surface area contributed by atoms with E-state index in [0.717, 1.165) is 10.9 Å². The molecule has 33 heavy (non-hydrogen) atoms. The van der Waals surface area contributed by atoms with Crippen LogP contribution in [0.15, 0.2) is 84.0 Å². The number of nitrogens with zero attached hydrogens (tertiary/aromatic N) is 2. The van der Waals surface area contributed by atoms with Gasteiger partial charge in [-0.2, -0.15) is 0 Å². The van der Waals surface area contributed by atoms with E-state index < -0.39 is 23.9 Å². The second-order valence-corrected chi connectivity index (χ2v) is 7.62. The minimum absolute atomic E-state index is 0.248. The summed E-state index contributed by atoms with van der Waals surface area (Å²) >= 11 is 0. The number of benzene rings is 3. The number of fused-ring (bicyclic) bond motifs is 2. The maximum absolute atomic E-state index is 14.7. The third-order valence-corrected chi connectivity index (χ3v) is 5.58. The van der Waals surface area contributed by atoms with Gasteiger partial charge in [0, 0.05) is 35.3 Å². The number of hydrogen-bond acceptors (Lipinski definition) is 3. The van der Waals surface area contributed by atoms with Crippen LogP contribution in [0.1, 0.15) is 11.1 Å². The molecule has 0 aliphatic carbocycles. The lowest BCUT2D eigenvalue weighted by Crippen LogP contribution is -2.47. The molecule has 0 saturated carbocycles. The zero-order valence-electron chi connectivity index (χ0n) is 17.7. The molecule has 1 aliphatic heterocycles. The van der Waals surface area contributed by atoms with E-state index in [2.05, 4.69) is 20.6 Å². The number of amides is 3. The molecule has 0 saturated heterocycles. The largest absolute Gasteiger partial charge is 0.361 e. The normalized spacial score (nSPS) is 15.6. The molecule has 1 unspecified atom stereocenters. The van der Waals surface area contributed by atoms with Crippen LogP contribution in [0.5, 0.6) is 0 Å². The van der Waals surface area contributed by atoms with Gasteiger partial charge in [-0.25, -0.2) is 14.2 Å². The number of anilines is 2. The van der Waals surface area contributed by atoms with Crippen molar-refractivity contribution in [2.24, 2.45) is 4.99 Å². The first-order valence-electron chi connectivity index (χ1n) is 10.4. The molecule has 0 radical (unpaired) electrons. The average Bonchev–Trinajstić information content (AvgIpc) is 3.28. The molecule has 3 amide bonds. The number of likely N-dealkylation sites (N-methyl/N-ethyl adjacent to an activating group) is 1. The summed E-state index contributed by atoms with van der Waals surface area (Å²) in [5.41, 5.74) is 3.17. The number of aromatic amines is 1. The van der Waals surface area contributed by atoms with E-state index in [1.54, 1.807) is 61.8 Å². The van der Waals surface area contributed by atoms with Crippen LogP contribution < -0.4 is 15.5 Å². The van der Waals surface area contributed by atoms with Crippen molar-refractivity contribution in [1.82, 2.24) is 10.3 Å². The zero-order valence-corrected chi connectivity index (χ0v) is 17.7. The Kier molecular flexibility index (Phi) is 5.10. The Bertz CT molecular complexity index is 1410. The smallest absolute Gasteiger partial charge is 0.321 e. The van der Waals surface area contributed by atoms with Crippen LogP contribution in [-0.2, 0) is 4.79 Å². The second-order valence-electron chi connectivity index (χ2n) is 7.62. The monoisotopic (exact) mass is 441 g/mol. The van der Waals surface area contributed by atoms with Crippen molar-refractivity contribution >= 4 is 39.9 Å². The molecule has 5 rings (SSSR count). The van der Waals surface area contributed by atoms with Gasteiger partial charge < -0.3 is 20.5 Å². The zero-order chi connectivity index (χ0) is 22.9. The fourth-order valence-electron chi connectivity index (χ4n) is 3.96. The molecule has 0 fully saturated rings. The molecule has 2 heterocycles. The van der Waals surface area contributed by atoms with Gasteiger partial charge in [0.1, 0.15) is 5.82 Å². The van der Waals surface area contributed by atoms with Gasteiger partial charge in [-0.1, -0.05) is 36.4 Å². The van der Waals surface area contributed by atoms with E-state index in [0.29, 0.717) is 22.6 Å². The summed E-state index contributed by atoms with van der Waals surface area (Å²) in [5.74, 6) is -0.908. The van der Waals surface area contributed by atoms with E-state index in [1.807, 2.05) is 18.2 Å². The number of urea groups is 1. The van der Waals surface area contributed by atoms with Crippen molar-refractivity contribution in [3.63, 3.8) is 0 Å². The number of rotatable bonds is 3. The third kappa shape index (κ3) is 3.71. The lowest BCUT2D eigenvalue weighted by Gasteiger charge is -2.21. The van der Waals surface area contributed by atoms with Crippen LogP contribution in [0.25, 0.3) is 10.9 Å². The summed E-state index contributed by atoms with van der Waals surface area (Å²) in [7, 11) is 1.61. The van der Waals surface area contributed by atoms with Crippen LogP contribution >= 0.6 is 0 Å². The van der Waals surface area contributed by atoms with Crippen LogP contribution in [0.3, 0.4) is 0 Å². The Balaban J connectivity index is 1.52. The number of carbonyl (C=O) groups excluding carboxylic acids is 2. The van der Waals surface area contributed by atoms with Crippen LogP contribution in [0.2, 0.25) is 0 Å². The van der Waals surface area contributed by atoms with Gasteiger partial charge >= 0.3 is 6.03 Å². The summed E-state index contributed by atoms with van der Waals surface area (Å²) in [6.07, 6.45) is 0.530. The molecule has 1 aliphatic rings. The topological polar surface area (TPSA) is 89.6 Å². The SMILES string of the molecule is CN1C(=O)C(NC(=O)Nc2cccc3[nH]ccc23)N=C(c2ccccc2F)c2ccccc21. The van der Waals surface area contributed by atoms with Crippen LogP contribution in [0, 0.1) is 5.82 Å². The number of aromatic nitrogens is 1. The Hall–Kier alpha value is -4.46. The highest BCUT2D eigenvalue weighted by Gasteiger charge is 2.31. The number of nitrogens with one attached hydrogen (secondary N) is 3. The molecule has 8 heteroatoms. The third-order valence-electron chi connectivity index (χ3n) is 5.58. The number of hydrogen-bond donors (Lipinski definition) is 3. The lowest BCUT2D eigenvalue weighted by molar-refractivity contribution is -0.119. The number of benzodiazepines with no additional fused rings is 1. The molecule has 164 valence electrons. The number of carbonyl (C=O) groups is 2. The van der Waals surface area contributed by atoms with Gasteiger partial charge in [0.2, 0.25) is 6.17 Å². The Morgan fingerprint density at radius 3 is 2.58 bits per heavy atom. The standard InChI is InChI=1S/C25H20FN5O2/c1-31-21-12-5-3-8-17(21)22(15-7-2-4-9-18(15)26)29-23(24(31)32)30-25(33)28-20-11-6-10-19-16(20)13-14-27-19/h2-14,23,27H,1H3,(H2,28,30,33). The highest BCUT2D eigenvalue weighted by atomic mass is 19.1. The summed E-state index contributed by atoms with van der Waals surface area (Å²) in [6, 6.07) is 20.1. The quantitative estimate of drug-likeness (QED) is 0.443. The molecule has 0 bridgehead atoms. The number of H-pyrrole nitrogens is 1. The molecule has 7 nitrogen and oxygen atoms in total. The van der Waals surface area contributed by atoms with Crippen molar-refractivity contribution in [3.05, 3.63) is 95.9 Å². The molecule has 3 aromatic carbocycles. The van der Waals surface area contributed by atoms with E-state index in [4.69, 9.17) is 0 Å². The van der Waals surface area contributed by atoms with E-state index >= 15 is 0 Å². The van der Waals surface area contributed by atoms with Crippen LogP contribution in [-0.4, -0.2) is 35.8 Å². The second kappa shape index (κ2) is 8.23. The van der Waals surface area contributed by atoms with Crippen molar-refractivity contribution in [1.29, 1.82) is 0 Å². The van der Waals surface area contributed by atoms with Gasteiger partial charge in [-0.3, -0.25) is 4.79 Å². The predicted molar refractivity (Wildman–Crippen MR) is 126 cm³/mol. The average molecular weight is 441 g/mol. The van der Waals surface area contributed by atoms with E-state index in [9.17, 15) is 14.0 Å². The molecule has 1 atom stereocenters. The van der Waals surface area contributed by atoms with Gasteiger partial charge in [0.25, 0.3) is 5.91 Å². The van der Waals surface area contributed by atoms with Gasteiger partial charge in [-0.05, 0) is 36.4 Å². The molecule has 1 aromatic heterocycles. The summed E-state index contributed by atoms with van der Waals surface area (Å²) in [5, 5.41) is 6.25. The van der Waals surface area contributed by atoms with Gasteiger partial charge in [-0.15, -0.1) is 0 Å². The van der Waals surface area contributed by atoms with Crippen molar-refractivity contribution < 1.29 is 14.0 Å². The van der Waals surface area contributed by atoms with Gasteiger partial charge in [0.05, 0.1) is 17.1 Å². The Labute approximate surface area is 188 Å². The fraction of sp³-hybridized carbons (Fsp3) is 0.0800. The summed E-state index contributed by atoms with van der Waals surface area (Å²) < 4.78 is 14.7. The van der Waals surface area contributed by atoms with Crippen LogP contribution in [0.4, 0.5) is 20.6 Å². The molecule has 0 spiro atoms. The fourth-order valence-corrected chi connectivity index (χ4v) is 3.96. The first kappa shape index (κ1) is 20.4. The summed E-state index contributed by atoms with van der Waals surface area (Å²) in [6.45, 7) is 0. The van der Waals surface area contributed by atoms with Crippen molar-refractivity contribution in [2.75, 3.05) is 17.3 Å². The van der Waals surface area contributed by atoms with Crippen molar-refractivity contribution in [3.8, 4) is 0 Å². The molecular weight excluding hydrogens is 421 g/mol. The summed E-state index contributed by atoms with van der Waals surface area (Å²) in [4.78, 5) is 35.1. The number of aliphatic imine (C=N–C) groups is 1. The molecular formula is C25H20FN5O2. The van der Waals surface area contributed by atoms with E-state index in [1.165, 1.54) is 11.0 Å². The lowest BCUT2D eigenvalue weighted by atomic mass is 10.00. The first-order chi connectivity index (χ1) is 16.0. The highest BCUT2D eigenvalue weighted by molar-refractivity contribution is 6.20. The Morgan fingerprint density at radius 2 is 1.76 bits per heavy atom. The minimum Gasteiger partial charge on any atom is -0.361 e. The first-order valence-corrected chi connectivity index (χ1v) is 10.4. The van der Waals surface area contributed by atoms with Crippen molar-refractivity contribution in [2.45, 2.75) is 6.17 Å². The number of halogens is 1. The maximum Gasteiger partial charge on any atom is 0.321 e. The molecule has 3 N–H and O–H groups in total. The van der Waals surface area contributed by atoms with Gasteiger partial charge in [0.15, 0.2) is 0 Å². The minimum atomic E-state index is -1.25. The molecule has 4 aromatic rings.